The highest BCUT2D eigenvalue weighted by Gasteiger charge is 2.32. The lowest BCUT2D eigenvalue weighted by Crippen LogP contribution is -2.05. The first-order valence-electron chi connectivity index (χ1n) is 7.04. The van der Waals surface area contributed by atoms with E-state index >= 15 is 0 Å². The fraction of sp³-hybridized carbons (Fsp3) is 0.0769. The van der Waals surface area contributed by atoms with Gasteiger partial charge in [0.25, 0.3) is 28.4 Å². The van der Waals surface area contributed by atoms with Crippen LogP contribution in [0.2, 0.25) is 0 Å². The third-order valence-electron chi connectivity index (χ3n) is 3.64. The van der Waals surface area contributed by atoms with E-state index in [1.807, 2.05) is 0 Å². The number of non-ortho nitro benzene ring substituents is 2. The van der Waals surface area contributed by atoms with Crippen molar-refractivity contribution in [2.45, 2.75) is 6.42 Å². The smallest absolute Gasteiger partial charge is 0.258 e. The molecule has 2 aromatic carbocycles. The van der Waals surface area contributed by atoms with Gasteiger partial charge in [-0.15, -0.1) is 0 Å². The van der Waals surface area contributed by atoms with Gasteiger partial charge in [0.2, 0.25) is 0 Å². The van der Waals surface area contributed by atoms with Crippen molar-refractivity contribution in [3.63, 3.8) is 0 Å². The molecule has 0 aliphatic heterocycles. The van der Waals surface area contributed by atoms with Gasteiger partial charge in [-0.05, 0) is 6.07 Å². The number of hydrogen-bond donors (Lipinski definition) is 0. The summed E-state index contributed by atoms with van der Waals surface area (Å²) in [6.07, 6.45) is -0.723. The molecule has 2 rings (SSSR count). The van der Waals surface area contributed by atoms with Crippen LogP contribution >= 0.6 is 0 Å². The maximum atomic E-state index is 11.3. The van der Waals surface area contributed by atoms with Crippen molar-refractivity contribution < 1.29 is 24.6 Å². The van der Waals surface area contributed by atoms with Gasteiger partial charge in [0.15, 0.2) is 0 Å². The van der Waals surface area contributed by atoms with Gasteiger partial charge in [-0.1, -0.05) is 0 Å². The summed E-state index contributed by atoms with van der Waals surface area (Å²) in [4.78, 5) is 50.2. The lowest BCUT2D eigenvalue weighted by Gasteiger charge is -2.06. The second-order valence-corrected chi connectivity index (χ2v) is 5.24. The molecule has 0 spiro atoms. The molecule has 0 saturated carbocycles. The summed E-state index contributed by atoms with van der Waals surface area (Å²) in [6.45, 7) is 0. The molecule has 0 aromatic heterocycles. The SMILES string of the molecule is O=[N+]([O-])c1ccc(Cc2c([N+](=O)[O-])cc([N+](=O)[O-])cc2[N+](=O)[O-])c([N+](=O)[O-])c1. The normalized spacial score (nSPS) is 10.3. The summed E-state index contributed by atoms with van der Waals surface area (Å²) in [5.74, 6) is 0. The van der Waals surface area contributed by atoms with Crippen LogP contribution in [0.5, 0.6) is 0 Å². The predicted molar refractivity (Wildman–Crippen MR) is 89.0 cm³/mol. The summed E-state index contributed by atoms with van der Waals surface area (Å²) in [7, 11) is 0. The highest BCUT2D eigenvalue weighted by Crippen LogP contribution is 2.37. The Balaban J connectivity index is 2.74. The van der Waals surface area contributed by atoms with Gasteiger partial charge < -0.3 is 0 Å². The Morgan fingerprint density at radius 3 is 1.39 bits per heavy atom. The van der Waals surface area contributed by atoms with Crippen molar-refractivity contribution in [2.75, 3.05) is 0 Å². The topological polar surface area (TPSA) is 216 Å². The van der Waals surface area contributed by atoms with Crippen molar-refractivity contribution in [2.24, 2.45) is 0 Å². The van der Waals surface area contributed by atoms with E-state index < -0.39 is 65.0 Å². The molecule has 144 valence electrons. The van der Waals surface area contributed by atoms with Crippen LogP contribution in [0.1, 0.15) is 11.1 Å². The minimum atomic E-state index is -1.09. The average molecular weight is 393 g/mol. The van der Waals surface area contributed by atoms with Crippen LogP contribution in [-0.4, -0.2) is 24.6 Å². The fourth-order valence-corrected chi connectivity index (χ4v) is 2.42. The molecule has 0 N–H and O–H groups in total. The molecule has 0 unspecified atom stereocenters. The van der Waals surface area contributed by atoms with E-state index in [4.69, 9.17) is 0 Å². The first-order valence-corrected chi connectivity index (χ1v) is 7.04. The molecular formula is C13H7N5O10. The number of rotatable bonds is 7. The van der Waals surface area contributed by atoms with Gasteiger partial charge in [0.05, 0.1) is 42.8 Å². The number of benzene rings is 2. The van der Waals surface area contributed by atoms with Crippen LogP contribution < -0.4 is 0 Å². The second kappa shape index (κ2) is 7.36. The van der Waals surface area contributed by atoms with Crippen LogP contribution in [0, 0.1) is 50.6 Å². The van der Waals surface area contributed by atoms with E-state index in [-0.39, 0.29) is 5.56 Å². The van der Waals surface area contributed by atoms with E-state index in [2.05, 4.69) is 0 Å². The lowest BCUT2D eigenvalue weighted by molar-refractivity contribution is -0.404. The number of nitro groups is 5. The summed E-state index contributed by atoms with van der Waals surface area (Å²) >= 11 is 0. The molecule has 0 amide bonds. The van der Waals surface area contributed by atoms with Gasteiger partial charge >= 0.3 is 0 Å². The standard InChI is InChI=1S/C13H7N5O10/c19-14(20)8-2-1-7(11(4-8)16(23)24)3-10-12(17(25)26)5-9(15(21)22)6-13(10)18(27)28/h1-2,4-6H,3H2. The van der Waals surface area contributed by atoms with Crippen LogP contribution in [0.4, 0.5) is 28.4 Å². The highest BCUT2D eigenvalue weighted by atomic mass is 16.6. The molecular weight excluding hydrogens is 386 g/mol. The number of nitro benzene ring substituents is 5. The lowest BCUT2D eigenvalue weighted by atomic mass is 9.99. The molecule has 0 bridgehead atoms. The zero-order valence-electron chi connectivity index (χ0n) is 13.4. The van der Waals surface area contributed by atoms with Gasteiger partial charge in [-0.25, -0.2) is 0 Å². The molecule has 15 nitrogen and oxygen atoms in total. The van der Waals surface area contributed by atoms with Crippen LogP contribution in [0.3, 0.4) is 0 Å². The van der Waals surface area contributed by atoms with Crippen molar-refractivity contribution in [1.29, 1.82) is 0 Å². The van der Waals surface area contributed by atoms with Crippen LogP contribution in [0.25, 0.3) is 0 Å². The molecule has 0 saturated heterocycles. The van der Waals surface area contributed by atoms with E-state index in [1.165, 1.54) is 0 Å². The first-order chi connectivity index (χ1) is 13.0. The molecule has 0 aliphatic rings. The Morgan fingerprint density at radius 1 is 0.571 bits per heavy atom. The highest BCUT2D eigenvalue weighted by molar-refractivity contribution is 5.63. The third kappa shape index (κ3) is 3.82. The fourth-order valence-electron chi connectivity index (χ4n) is 2.42. The number of hydrogen-bond acceptors (Lipinski definition) is 10. The molecule has 0 atom stereocenters. The molecule has 0 fully saturated rings. The monoisotopic (exact) mass is 393 g/mol. The van der Waals surface area contributed by atoms with Gasteiger partial charge in [-0.2, -0.15) is 0 Å². The minimum absolute atomic E-state index is 0.282. The van der Waals surface area contributed by atoms with E-state index in [1.54, 1.807) is 0 Å². The summed E-state index contributed by atoms with van der Waals surface area (Å²) in [5.41, 5.74) is -5.16. The molecule has 0 radical (unpaired) electrons. The molecule has 0 aliphatic carbocycles. The van der Waals surface area contributed by atoms with Crippen molar-refractivity contribution >= 4 is 28.4 Å². The largest absolute Gasteiger partial charge is 0.286 e. The Bertz CT molecular complexity index is 1010. The maximum absolute atomic E-state index is 11.3. The molecule has 28 heavy (non-hydrogen) atoms. The molecule has 0 heterocycles. The van der Waals surface area contributed by atoms with E-state index in [9.17, 15) is 50.6 Å². The number of nitrogens with zero attached hydrogens (tertiary/aromatic N) is 5. The second-order valence-electron chi connectivity index (χ2n) is 5.24. The molecule has 2 aromatic rings. The Labute approximate surface area is 152 Å². The summed E-state index contributed by atoms with van der Waals surface area (Å²) < 4.78 is 0. The Kier molecular flexibility index (Phi) is 5.19. The van der Waals surface area contributed by atoms with Crippen molar-refractivity contribution in [3.05, 3.63) is 92.0 Å². The van der Waals surface area contributed by atoms with E-state index in [0.717, 1.165) is 12.1 Å². The summed E-state index contributed by atoms with van der Waals surface area (Å²) in [5, 5.41) is 55.4. The van der Waals surface area contributed by atoms with Gasteiger partial charge in [0, 0.05) is 18.1 Å². The summed E-state index contributed by atoms with van der Waals surface area (Å²) in [6, 6.07) is 3.44. The average Bonchev–Trinajstić information content (AvgIpc) is 2.60. The Morgan fingerprint density at radius 2 is 1.00 bits per heavy atom. The maximum Gasteiger partial charge on any atom is 0.286 e. The van der Waals surface area contributed by atoms with Gasteiger partial charge in [-0.3, -0.25) is 50.6 Å². The van der Waals surface area contributed by atoms with Crippen LogP contribution in [0.15, 0.2) is 30.3 Å². The van der Waals surface area contributed by atoms with Crippen LogP contribution in [-0.2, 0) is 6.42 Å². The zero-order chi connectivity index (χ0) is 21.2. The predicted octanol–water partition coefficient (Wildman–Crippen LogP) is 2.82. The Hall–Kier alpha value is -4.56. The third-order valence-corrected chi connectivity index (χ3v) is 3.64. The quantitative estimate of drug-likeness (QED) is 0.494. The molecule has 15 heteroatoms. The first kappa shape index (κ1) is 19.8. The van der Waals surface area contributed by atoms with Crippen molar-refractivity contribution in [3.8, 4) is 0 Å². The minimum Gasteiger partial charge on any atom is -0.258 e. The van der Waals surface area contributed by atoms with Crippen molar-refractivity contribution in [1.82, 2.24) is 0 Å². The zero-order valence-corrected chi connectivity index (χ0v) is 13.4. The van der Waals surface area contributed by atoms with E-state index in [0.29, 0.717) is 18.2 Å². The van der Waals surface area contributed by atoms with Gasteiger partial charge in [0.1, 0.15) is 5.56 Å².